The van der Waals surface area contributed by atoms with Crippen molar-refractivity contribution in [2.75, 3.05) is 0 Å². The molecule has 57 heavy (non-hydrogen) atoms. The molecule has 5 heteroatoms. The molecule has 9 rings (SSSR count). The molecule has 0 unspecified atom stereocenters. The number of rotatable bonds is 7. The summed E-state index contributed by atoms with van der Waals surface area (Å²) in [6.07, 6.45) is 9.63. The van der Waals surface area contributed by atoms with Gasteiger partial charge in [-0.2, -0.15) is 0 Å². The first-order valence-corrected chi connectivity index (χ1v) is 19.6. The van der Waals surface area contributed by atoms with E-state index in [1.807, 2.05) is 29.1 Å². The molecule has 280 valence electrons. The Morgan fingerprint density at radius 1 is 0.596 bits per heavy atom. The van der Waals surface area contributed by atoms with Gasteiger partial charge in [0.2, 0.25) is 0 Å². The quantitative estimate of drug-likeness (QED) is 0.120. The van der Waals surface area contributed by atoms with Crippen molar-refractivity contribution in [3.63, 3.8) is 0 Å². The number of fused-ring (bicyclic) bond motifs is 3. The fraction of sp³-hybridized carbons (Fsp3) is 0.154. The van der Waals surface area contributed by atoms with Crippen LogP contribution in [-0.4, -0.2) is 14.1 Å². The molecule has 0 aliphatic rings. The maximum absolute atomic E-state index is 6.61. The van der Waals surface area contributed by atoms with E-state index in [1.165, 1.54) is 55.5 Å². The molecule has 0 aliphatic heterocycles. The van der Waals surface area contributed by atoms with Crippen LogP contribution in [0.4, 0.5) is 0 Å². The Kier molecular flexibility index (Phi) is 8.89. The Hall–Kier alpha value is -6.72. The van der Waals surface area contributed by atoms with Gasteiger partial charge in [0.05, 0.1) is 22.4 Å². The second-order valence-corrected chi connectivity index (χ2v) is 16.2. The summed E-state index contributed by atoms with van der Waals surface area (Å²) in [5, 5.41) is 2.34. The molecule has 3 aromatic heterocycles. The molecular weight excluding hydrogens is 697 g/mol. The minimum absolute atomic E-state index is 0.0000390. The average molecular weight is 743 g/mol. The van der Waals surface area contributed by atoms with Gasteiger partial charge in [-0.15, -0.1) is 0 Å². The SMILES string of the molecule is Cc1cccc(C)c1-c1cc(-c2c(C)cccc2C)cc(-[n+]2[c-]n(-c3cccc(Oc4ccc5c6ccccc6n(-c6cc(C(C)(C)C)ccn6)c5c4)c3)cc2)c1. The second kappa shape index (κ2) is 14.1. The van der Waals surface area contributed by atoms with Crippen molar-refractivity contribution in [2.24, 2.45) is 0 Å². The summed E-state index contributed by atoms with van der Waals surface area (Å²) < 4.78 is 13.0. The molecule has 0 aliphatic carbocycles. The van der Waals surface area contributed by atoms with Crippen molar-refractivity contribution in [2.45, 2.75) is 53.9 Å². The van der Waals surface area contributed by atoms with E-state index in [1.54, 1.807) is 0 Å². The first kappa shape index (κ1) is 35.9. The summed E-state index contributed by atoms with van der Waals surface area (Å²) in [5.74, 6) is 2.39. The lowest BCUT2D eigenvalue weighted by atomic mass is 9.88. The van der Waals surface area contributed by atoms with Crippen LogP contribution in [0.3, 0.4) is 0 Å². The van der Waals surface area contributed by atoms with Crippen LogP contribution in [0.15, 0.2) is 152 Å². The maximum Gasteiger partial charge on any atom is 0.268 e. The third-order valence-corrected chi connectivity index (χ3v) is 11.1. The number of benzene rings is 6. The predicted molar refractivity (Wildman–Crippen MR) is 233 cm³/mol. The normalized spacial score (nSPS) is 11.8. The second-order valence-electron chi connectivity index (χ2n) is 16.2. The monoisotopic (exact) mass is 742 g/mol. The van der Waals surface area contributed by atoms with E-state index in [4.69, 9.17) is 9.72 Å². The van der Waals surface area contributed by atoms with Gasteiger partial charge in [-0.25, -0.2) is 4.98 Å². The van der Waals surface area contributed by atoms with Gasteiger partial charge in [-0.1, -0.05) is 81.4 Å². The summed E-state index contributed by atoms with van der Waals surface area (Å²) in [6.45, 7) is 15.5. The van der Waals surface area contributed by atoms with Gasteiger partial charge in [0.15, 0.2) is 0 Å². The highest BCUT2D eigenvalue weighted by molar-refractivity contribution is 6.09. The Morgan fingerprint density at radius 3 is 1.91 bits per heavy atom. The highest BCUT2D eigenvalue weighted by Crippen LogP contribution is 2.37. The molecule has 0 bridgehead atoms. The van der Waals surface area contributed by atoms with E-state index in [2.05, 4.69) is 191 Å². The van der Waals surface area contributed by atoms with Gasteiger partial charge in [-0.3, -0.25) is 13.7 Å². The van der Waals surface area contributed by atoms with Crippen molar-refractivity contribution in [1.82, 2.24) is 14.1 Å². The van der Waals surface area contributed by atoms with Crippen LogP contribution in [0.5, 0.6) is 11.5 Å². The number of aryl methyl sites for hydroxylation is 4. The Bertz CT molecular complexity index is 2870. The number of pyridine rings is 1. The van der Waals surface area contributed by atoms with Gasteiger partial charge in [0.25, 0.3) is 6.33 Å². The summed E-state index contributed by atoms with van der Waals surface area (Å²) in [7, 11) is 0. The molecule has 0 N–H and O–H groups in total. The van der Waals surface area contributed by atoms with Crippen LogP contribution >= 0.6 is 0 Å². The molecule has 0 fully saturated rings. The zero-order valence-electron chi connectivity index (χ0n) is 33.6. The summed E-state index contributed by atoms with van der Waals surface area (Å²) >= 11 is 0. The smallest absolute Gasteiger partial charge is 0.268 e. The van der Waals surface area contributed by atoms with Crippen molar-refractivity contribution in [1.29, 1.82) is 0 Å². The van der Waals surface area contributed by atoms with Crippen LogP contribution in [0.25, 0.3) is 61.3 Å². The van der Waals surface area contributed by atoms with E-state index >= 15 is 0 Å². The van der Waals surface area contributed by atoms with Crippen LogP contribution in [0.2, 0.25) is 0 Å². The standard InChI is InChI=1S/C52H46N4O/c1-34-13-10-14-35(2)50(34)38-27-39(51-36(3)15-11-16-37(51)4)29-42(28-38)55-26-25-54(33-55)41-17-12-18-43(31-41)57-44-21-22-46-45-19-8-9-20-47(45)56(48(46)32-44)49-30-40(23-24-53-49)52(5,6)7/h8-32H,1-7H3. The van der Waals surface area contributed by atoms with Gasteiger partial charge in [0.1, 0.15) is 17.3 Å². The van der Waals surface area contributed by atoms with Crippen LogP contribution in [0, 0.1) is 34.0 Å². The molecule has 0 spiro atoms. The van der Waals surface area contributed by atoms with Crippen LogP contribution in [0.1, 0.15) is 48.6 Å². The topological polar surface area (TPSA) is 35.9 Å². The van der Waals surface area contributed by atoms with Gasteiger partial charge in [0, 0.05) is 35.4 Å². The minimum atomic E-state index is -0.0000390. The Morgan fingerprint density at radius 2 is 1.23 bits per heavy atom. The van der Waals surface area contributed by atoms with Crippen molar-refractivity contribution in [3.05, 3.63) is 186 Å². The number of para-hydroxylation sites is 1. The maximum atomic E-state index is 6.61. The molecule has 0 atom stereocenters. The Balaban J connectivity index is 1.08. The zero-order chi connectivity index (χ0) is 39.4. The van der Waals surface area contributed by atoms with E-state index in [0.717, 1.165) is 45.1 Å². The lowest BCUT2D eigenvalue weighted by Crippen LogP contribution is -2.28. The number of imidazole rings is 1. The average Bonchev–Trinajstić information content (AvgIpc) is 3.81. The molecule has 5 nitrogen and oxygen atoms in total. The largest absolute Gasteiger partial charge is 0.458 e. The molecule has 0 amide bonds. The van der Waals surface area contributed by atoms with E-state index in [-0.39, 0.29) is 5.41 Å². The number of hydrogen-bond donors (Lipinski definition) is 0. The summed E-state index contributed by atoms with van der Waals surface area (Å²) in [4.78, 5) is 4.85. The Labute approximate surface area is 335 Å². The van der Waals surface area contributed by atoms with E-state index in [9.17, 15) is 0 Å². The van der Waals surface area contributed by atoms with Gasteiger partial charge < -0.3 is 4.74 Å². The molecule has 0 saturated carbocycles. The first-order valence-electron chi connectivity index (χ1n) is 19.6. The lowest BCUT2D eigenvalue weighted by Gasteiger charge is -2.20. The lowest BCUT2D eigenvalue weighted by molar-refractivity contribution is -0.599. The predicted octanol–water partition coefficient (Wildman–Crippen LogP) is 12.7. The first-order chi connectivity index (χ1) is 27.5. The molecular formula is C52H46N4O. The molecule has 0 saturated heterocycles. The zero-order valence-corrected chi connectivity index (χ0v) is 33.6. The number of ether oxygens (including phenoxy) is 1. The van der Waals surface area contributed by atoms with Gasteiger partial charge in [-0.05, 0) is 150 Å². The number of aromatic nitrogens is 4. The van der Waals surface area contributed by atoms with E-state index in [0.29, 0.717) is 0 Å². The van der Waals surface area contributed by atoms with Crippen molar-refractivity contribution < 1.29 is 9.30 Å². The fourth-order valence-corrected chi connectivity index (χ4v) is 8.28. The van der Waals surface area contributed by atoms with Crippen molar-refractivity contribution >= 4 is 21.8 Å². The third-order valence-electron chi connectivity index (χ3n) is 11.1. The van der Waals surface area contributed by atoms with E-state index < -0.39 is 0 Å². The molecule has 0 radical (unpaired) electrons. The summed E-state index contributed by atoms with van der Waals surface area (Å²) in [5.41, 5.74) is 15.4. The number of hydrogen-bond acceptors (Lipinski definition) is 2. The molecule has 3 heterocycles. The highest BCUT2D eigenvalue weighted by Gasteiger charge is 2.19. The number of nitrogens with zero attached hydrogens (tertiary/aromatic N) is 4. The molecule has 9 aromatic rings. The highest BCUT2D eigenvalue weighted by atomic mass is 16.5. The third kappa shape index (κ3) is 6.69. The summed E-state index contributed by atoms with van der Waals surface area (Å²) in [6, 6.07) is 47.3. The van der Waals surface area contributed by atoms with Crippen LogP contribution < -0.4 is 9.30 Å². The van der Waals surface area contributed by atoms with Crippen molar-refractivity contribution in [3.8, 4) is 50.9 Å². The fourth-order valence-electron chi connectivity index (χ4n) is 8.28. The molecule has 6 aromatic carbocycles. The van der Waals surface area contributed by atoms with Crippen LogP contribution in [-0.2, 0) is 5.41 Å². The van der Waals surface area contributed by atoms with Gasteiger partial charge >= 0.3 is 0 Å². The minimum Gasteiger partial charge on any atom is -0.458 e.